The van der Waals surface area contributed by atoms with E-state index in [-0.39, 0.29) is 17.9 Å². The summed E-state index contributed by atoms with van der Waals surface area (Å²) in [5.41, 5.74) is 0.720. The quantitative estimate of drug-likeness (QED) is 0.745. The molecule has 0 aliphatic carbocycles. The number of rotatable bonds is 1. The van der Waals surface area contributed by atoms with Gasteiger partial charge in [0.25, 0.3) is 0 Å². The molecule has 1 saturated heterocycles. The van der Waals surface area contributed by atoms with Gasteiger partial charge in [-0.2, -0.15) is 0 Å². The molecule has 0 aromatic heterocycles. The normalized spacial score (nSPS) is 32.2. The number of aliphatic imine (C=N–C) groups is 1. The highest BCUT2D eigenvalue weighted by molar-refractivity contribution is 5.59. The molecule has 0 spiro atoms. The van der Waals surface area contributed by atoms with Crippen molar-refractivity contribution in [3.63, 3.8) is 0 Å². The largest absolute Gasteiger partial charge is 0.371 e. The summed E-state index contributed by atoms with van der Waals surface area (Å²) >= 11 is 0. The monoisotopic (exact) mass is 219 g/mol. The topological polar surface area (TPSA) is 36.4 Å². The second kappa shape index (κ2) is 3.87. The summed E-state index contributed by atoms with van der Waals surface area (Å²) < 4.78 is 13.7. The average molecular weight is 219 g/mol. The van der Waals surface area contributed by atoms with E-state index >= 15 is 0 Å². The van der Waals surface area contributed by atoms with E-state index in [4.69, 9.17) is 0 Å². The zero-order chi connectivity index (χ0) is 11.0. The van der Waals surface area contributed by atoms with Gasteiger partial charge in [-0.25, -0.2) is 4.39 Å². The Morgan fingerprint density at radius 1 is 1.31 bits per heavy atom. The number of hydrogen-bond donors (Lipinski definition) is 2. The van der Waals surface area contributed by atoms with Crippen molar-refractivity contribution in [2.24, 2.45) is 4.99 Å². The highest BCUT2D eigenvalue weighted by Gasteiger charge is 2.36. The molecular formula is C12H14FN3. The molecule has 16 heavy (non-hydrogen) atoms. The highest BCUT2D eigenvalue weighted by atomic mass is 19.1. The summed E-state index contributed by atoms with van der Waals surface area (Å²) in [5.74, 6) is -0.150. The second-order valence-electron chi connectivity index (χ2n) is 4.28. The van der Waals surface area contributed by atoms with E-state index in [0.29, 0.717) is 6.04 Å². The minimum absolute atomic E-state index is 0.00815. The first kappa shape index (κ1) is 9.78. The Bertz CT molecular complexity index is 418. The SMILES string of the molecule is Fc1ccccc1C1NCCC2NC=NC21. The van der Waals surface area contributed by atoms with E-state index in [1.165, 1.54) is 6.07 Å². The zero-order valence-corrected chi connectivity index (χ0v) is 8.86. The summed E-state index contributed by atoms with van der Waals surface area (Å²) in [7, 11) is 0. The molecule has 4 heteroatoms. The fraction of sp³-hybridized carbons (Fsp3) is 0.417. The van der Waals surface area contributed by atoms with Crippen LogP contribution in [0.1, 0.15) is 18.0 Å². The van der Waals surface area contributed by atoms with Crippen molar-refractivity contribution in [2.45, 2.75) is 24.5 Å². The van der Waals surface area contributed by atoms with Crippen LogP contribution >= 0.6 is 0 Å². The number of nitrogens with zero attached hydrogens (tertiary/aromatic N) is 1. The minimum Gasteiger partial charge on any atom is -0.371 e. The molecule has 1 aromatic rings. The van der Waals surface area contributed by atoms with Crippen LogP contribution in [0.15, 0.2) is 29.3 Å². The van der Waals surface area contributed by atoms with E-state index in [9.17, 15) is 4.39 Å². The van der Waals surface area contributed by atoms with E-state index in [1.54, 1.807) is 12.4 Å². The van der Waals surface area contributed by atoms with Crippen LogP contribution in [0.2, 0.25) is 0 Å². The van der Waals surface area contributed by atoms with Crippen LogP contribution in [0.5, 0.6) is 0 Å². The highest BCUT2D eigenvalue weighted by Crippen LogP contribution is 2.29. The summed E-state index contributed by atoms with van der Waals surface area (Å²) in [6.45, 7) is 0.899. The molecular weight excluding hydrogens is 205 g/mol. The number of fused-ring (bicyclic) bond motifs is 1. The van der Waals surface area contributed by atoms with Crippen molar-refractivity contribution in [1.82, 2.24) is 10.6 Å². The van der Waals surface area contributed by atoms with Gasteiger partial charge >= 0.3 is 0 Å². The Balaban J connectivity index is 1.94. The van der Waals surface area contributed by atoms with Crippen LogP contribution in [0.4, 0.5) is 4.39 Å². The molecule has 0 radical (unpaired) electrons. The van der Waals surface area contributed by atoms with Gasteiger partial charge in [-0.3, -0.25) is 4.99 Å². The summed E-state index contributed by atoms with van der Waals surface area (Å²) in [4.78, 5) is 4.39. The molecule has 2 heterocycles. The number of piperidine rings is 1. The van der Waals surface area contributed by atoms with Crippen molar-refractivity contribution >= 4 is 6.34 Å². The summed E-state index contributed by atoms with van der Waals surface area (Å²) in [6, 6.07) is 7.39. The molecule has 2 aliphatic heterocycles. The maximum absolute atomic E-state index is 13.7. The van der Waals surface area contributed by atoms with Crippen molar-refractivity contribution in [3.05, 3.63) is 35.6 Å². The third kappa shape index (κ3) is 1.50. The fourth-order valence-electron chi connectivity index (χ4n) is 2.54. The van der Waals surface area contributed by atoms with Crippen molar-refractivity contribution in [2.75, 3.05) is 6.54 Å². The smallest absolute Gasteiger partial charge is 0.128 e. The first-order chi connectivity index (χ1) is 7.86. The lowest BCUT2D eigenvalue weighted by Gasteiger charge is -2.33. The lowest BCUT2D eigenvalue weighted by atomic mass is 9.89. The van der Waals surface area contributed by atoms with Gasteiger partial charge in [0.1, 0.15) is 5.82 Å². The van der Waals surface area contributed by atoms with Crippen LogP contribution in [0.3, 0.4) is 0 Å². The number of nitrogens with one attached hydrogen (secondary N) is 2. The van der Waals surface area contributed by atoms with Crippen LogP contribution in [-0.4, -0.2) is 25.0 Å². The maximum Gasteiger partial charge on any atom is 0.128 e. The van der Waals surface area contributed by atoms with E-state index in [1.807, 2.05) is 12.1 Å². The van der Waals surface area contributed by atoms with Crippen molar-refractivity contribution in [1.29, 1.82) is 0 Å². The Morgan fingerprint density at radius 3 is 3.06 bits per heavy atom. The van der Waals surface area contributed by atoms with Gasteiger partial charge in [0.15, 0.2) is 0 Å². The zero-order valence-electron chi connectivity index (χ0n) is 8.86. The first-order valence-electron chi connectivity index (χ1n) is 5.62. The standard InChI is InChI=1S/C12H14FN3/c13-9-4-2-1-3-8(9)11-12-10(5-6-14-11)15-7-16-12/h1-4,7,10-12,14H,5-6H2,(H,15,16). The van der Waals surface area contributed by atoms with Crippen molar-refractivity contribution < 1.29 is 4.39 Å². The predicted molar refractivity (Wildman–Crippen MR) is 61.0 cm³/mol. The molecule has 0 saturated carbocycles. The summed E-state index contributed by atoms with van der Waals surface area (Å²) in [6.07, 6.45) is 2.78. The molecule has 3 atom stereocenters. The third-order valence-electron chi connectivity index (χ3n) is 3.35. The summed E-state index contributed by atoms with van der Waals surface area (Å²) in [5, 5.41) is 6.58. The predicted octanol–water partition coefficient (Wildman–Crippen LogP) is 1.23. The minimum atomic E-state index is -0.150. The second-order valence-corrected chi connectivity index (χ2v) is 4.28. The van der Waals surface area contributed by atoms with E-state index in [2.05, 4.69) is 15.6 Å². The van der Waals surface area contributed by atoms with E-state index < -0.39 is 0 Å². The van der Waals surface area contributed by atoms with Gasteiger partial charge in [-0.05, 0) is 19.0 Å². The Morgan fingerprint density at radius 2 is 2.19 bits per heavy atom. The van der Waals surface area contributed by atoms with Crippen LogP contribution in [0.25, 0.3) is 0 Å². The van der Waals surface area contributed by atoms with Gasteiger partial charge in [0.2, 0.25) is 0 Å². The first-order valence-corrected chi connectivity index (χ1v) is 5.62. The van der Waals surface area contributed by atoms with Gasteiger partial charge < -0.3 is 10.6 Å². The van der Waals surface area contributed by atoms with Crippen LogP contribution in [-0.2, 0) is 0 Å². The molecule has 3 rings (SSSR count). The third-order valence-corrected chi connectivity index (χ3v) is 3.35. The molecule has 1 aromatic carbocycles. The number of benzene rings is 1. The molecule has 3 unspecified atom stereocenters. The Hall–Kier alpha value is -1.42. The maximum atomic E-state index is 13.7. The van der Waals surface area contributed by atoms with Crippen molar-refractivity contribution in [3.8, 4) is 0 Å². The number of halogens is 1. The van der Waals surface area contributed by atoms with Crippen LogP contribution in [0, 0.1) is 5.82 Å². The van der Waals surface area contributed by atoms with Crippen LogP contribution < -0.4 is 10.6 Å². The molecule has 2 aliphatic rings. The van der Waals surface area contributed by atoms with Gasteiger partial charge in [0.05, 0.1) is 24.5 Å². The molecule has 84 valence electrons. The molecule has 3 nitrogen and oxygen atoms in total. The number of hydrogen-bond acceptors (Lipinski definition) is 3. The van der Waals surface area contributed by atoms with Gasteiger partial charge in [-0.1, -0.05) is 18.2 Å². The van der Waals surface area contributed by atoms with Gasteiger partial charge in [0, 0.05) is 5.56 Å². The molecule has 0 bridgehead atoms. The Kier molecular flexibility index (Phi) is 2.36. The fourth-order valence-corrected chi connectivity index (χ4v) is 2.54. The molecule has 1 fully saturated rings. The average Bonchev–Trinajstić information content (AvgIpc) is 2.77. The Labute approximate surface area is 93.8 Å². The lowest BCUT2D eigenvalue weighted by Crippen LogP contribution is -2.48. The van der Waals surface area contributed by atoms with Gasteiger partial charge in [-0.15, -0.1) is 0 Å². The van der Waals surface area contributed by atoms with E-state index in [0.717, 1.165) is 18.5 Å². The molecule has 0 amide bonds. The lowest BCUT2D eigenvalue weighted by molar-refractivity contribution is 0.314. The molecule has 2 N–H and O–H groups in total.